The maximum absolute atomic E-state index is 11.1. The number of ether oxygens (including phenoxy) is 1. The van der Waals surface area contributed by atoms with E-state index in [0.29, 0.717) is 11.5 Å². The Morgan fingerprint density at radius 2 is 1.54 bits per heavy atom. The second-order valence-electron chi connectivity index (χ2n) is 6.19. The largest absolute Gasteiger partial charge is 1.00 e. The molecular formula is C20H25KO4S. The van der Waals surface area contributed by atoms with E-state index in [-0.39, 0.29) is 56.3 Å². The van der Waals surface area contributed by atoms with E-state index in [0.717, 1.165) is 6.42 Å². The molecule has 0 amide bonds. The van der Waals surface area contributed by atoms with Gasteiger partial charge in [-0.3, -0.25) is 0 Å². The molecule has 0 unspecified atom stereocenters. The van der Waals surface area contributed by atoms with Crippen molar-refractivity contribution in [1.29, 1.82) is 0 Å². The molecule has 0 bridgehead atoms. The first-order valence-corrected chi connectivity index (χ1v) is 10.2. The molecule has 26 heavy (non-hydrogen) atoms. The van der Waals surface area contributed by atoms with Crippen LogP contribution in [0.4, 0.5) is 0 Å². The van der Waals surface area contributed by atoms with E-state index in [2.05, 4.69) is 6.92 Å². The van der Waals surface area contributed by atoms with Crippen molar-refractivity contribution < 1.29 is 69.1 Å². The minimum absolute atomic E-state index is 0. The summed E-state index contributed by atoms with van der Waals surface area (Å²) < 4.78 is 38.8. The minimum atomic E-state index is -4.47. The van der Waals surface area contributed by atoms with Gasteiger partial charge in [0.2, 0.25) is 0 Å². The summed E-state index contributed by atoms with van der Waals surface area (Å²) >= 11 is 0. The zero-order valence-corrected chi connectivity index (χ0v) is 19.5. The molecule has 0 saturated carbocycles. The third kappa shape index (κ3) is 8.65. The summed E-state index contributed by atoms with van der Waals surface area (Å²) in [5.41, 5.74) is 1.26. The van der Waals surface area contributed by atoms with Crippen LogP contribution in [0.1, 0.15) is 51.0 Å². The van der Waals surface area contributed by atoms with Crippen molar-refractivity contribution in [3.05, 3.63) is 54.1 Å². The fourth-order valence-electron chi connectivity index (χ4n) is 2.66. The number of hydrogen-bond donors (Lipinski definition) is 0. The van der Waals surface area contributed by atoms with E-state index < -0.39 is 10.1 Å². The number of unbranched alkanes of at least 4 members (excludes halogenated alkanes) is 5. The van der Waals surface area contributed by atoms with E-state index in [1.807, 2.05) is 24.3 Å². The van der Waals surface area contributed by atoms with Gasteiger partial charge in [-0.25, -0.2) is 8.42 Å². The quantitative estimate of drug-likeness (QED) is 0.349. The molecule has 0 N–H and O–H groups in total. The molecule has 0 aliphatic rings. The van der Waals surface area contributed by atoms with Crippen LogP contribution in [-0.2, 0) is 16.5 Å². The van der Waals surface area contributed by atoms with Gasteiger partial charge < -0.3 is 9.29 Å². The molecular weight excluding hydrogens is 375 g/mol. The first kappa shape index (κ1) is 23.8. The Bertz CT molecular complexity index is 758. The molecule has 0 spiro atoms. The van der Waals surface area contributed by atoms with Crippen molar-refractivity contribution in [2.75, 3.05) is 0 Å². The fraction of sp³-hybridized carbons (Fsp3) is 0.400. The van der Waals surface area contributed by atoms with Crippen molar-refractivity contribution in [1.82, 2.24) is 0 Å². The molecule has 0 aliphatic heterocycles. The summed E-state index contributed by atoms with van der Waals surface area (Å²) in [5, 5.41) is 0. The summed E-state index contributed by atoms with van der Waals surface area (Å²) in [7, 11) is -4.47. The standard InChI is InChI=1S/C20H26O4S.K/c1-2-3-4-5-6-7-9-17-12-14-18(15-13-17)24-19-10-8-11-20(16-19)25(21,22)23;/h8,10-16H,2-7,9H2,1H3,(H,21,22,23);/q;+1/p-1. The molecule has 2 rings (SSSR count). The second-order valence-corrected chi connectivity index (χ2v) is 7.57. The molecule has 0 atom stereocenters. The van der Waals surface area contributed by atoms with Gasteiger partial charge in [0.25, 0.3) is 0 Å². The molecule has 0 heterocycles. The molecule has 0 saturated heterocycles. The van der Waals surface area contributed by atoms with Crippen molar-refractivity contribution in [2.24, 2.45) is 0 Å². The smallest absolute Gasteiger partial charge is 0.744 e. The van der Waals surface area contributed by atoms with Crippen LogP contribution >= 0.6 is 0 Å². The van der Waals surface area contributed by atoms with Crippen molar-refractivity contribution >= 4 is 10.1 Å². The monoisotopic (exact) mass is 400 g/mol. The molecule has 0 aromatic heterocycles. The van der Waals surface area contributed by atoms with E-state index in [1.54, 1.807) is 6.07 Å². The van der Waals surface area contributed by atoms with Gasteiger partial charge in [-0.05, 0) is 48.7 Å². The molecule has 2 aromatic carbocycles. The van der Waals surface area contributed by atoms with E-state index in [1.165, 1.54) is 62.3 Å². The molecule has 0 fully saturated rings. The van der Waals surface area contributed by atoms with Crippen molar-refractivity contribution in [2.45, 2.75) is 56.8 Å². The third-order valence-electron chi connectivity index (χ3n) is 4.07. The van der Waals surface area contributed by atoms with E-state index in [9.17, 15) is 13.0 Å². The Morgan fingerprint density at radius 3 is 2.19 bits per heavy atom. The maximum atomic E-state index is 11.1. The van der Waals surface area contributed by atoms with Gasteiger partial charge in [-0.15, -0.1) is 0 Å². The molecule has 0 aliphatic carbocycles. The van der Waals surface area contributed by atoms with Crippen molar-refractivity contribution in [3.63, 3.8) is 0 Å². The molecule has 0 radical (unpaired) electrons. The van der Waals surface area contributed by atoms with Gasteiger partial charge in [-0.2, -0.15) is 0 Å². The van der Waals surface area contributed by atoms with Gasteiger partial charge in [0.1, 0.15) is 21.6 Å². The Kier molecular flexibility index (Phi) is 11.3. The van der Waals surface area contributed by atoms with Crippen LogP contribution in [0.25, 0.3) is 0 Å². The van der Waals surface area contributed by atoms with Crippen LogP contribution < -0.4 is 56.1 Å². The van der Waals surface area contributed by atoms with Gasteiger partial charge in [0.15, 0.2) is 0 Å². The van der Waals surface area contributed by atoms with Gasteiger partial charge in [0.05, 0.1) is 4.90 Å². The van der Waals surface area contributed by atoms with Gasteiger partial charge in [-0.1, -0.05) is 57.2 Å². The van der Waals surface area contributed by atoms with Crippen LogP contribution in [0.2, 0.25) is 0 Å². The summed E-state index contributed by atoms with van der Waals surface area (Å²) in [5.74, 6) is 0.952. The number of rotatable bonds is 10. The second kappa shape index (κ2) is 12.3. The zero-order valence-electron chi connectivity index (χ0n) is 15.6. The van der Waals surface area contributed by atoms with Crippen molar-refractivity contribution in [3.8, 4) is 11.5 Å². The fourth-order valence-corrected chi connectivity index (χ4v) is 3.17. The third-order valence-corrected chi connectivity index (χ3v) is 4.90. The number of aryl methyl sites for hydroxylation is 1. The van der Waals surface area contributed by atoms with Crippen LogP contribution in [0, 0.1) is 0 Å². The maximum Gasteiger partial charge on any atom is 1.00 e. The molecule has 4 nitrogen and oxygen atoms in total. The van der Waals surface area contributed by atoms with Gasteiger partial charge >= 0.3 is 51.4 Å². The first-order chi connectivity index (χ1) is 12.0. The van der Waals surface area contributed by atoms with Crippen LogP contribution in [-0.4, -0.2) is 13.0 Å². The van der Waals surface area contributed by atoms with Crippen LogP contribution in [0.15, 0.2) is 53.4 Å². The van der Waals surface area contributed by atoms with Crippen LogP contribution in [0.5, 0.6) is 11.5 Å². The SMILES string of the molecule is CCCCCCCCc1ccc(Oc2cccc(S(=O)(=O)[O-])c2)cc1.[K+]. The Balaban J connectivity index is 0.00000338. The molecule has 6 heteroatoms. The first-order valence-electron chi connectivity index (χ1n) is 8.82. The topological polar surface area (TPSA) is 66.4 Å². The molecule has 136 valence electrons. The van der Waals surface area contributed by atoms with E-state index in [4.69, 9.17) is 4.74 Å². The summed E-state index contributed by atoms with van der Waals surface area (Å²) in [6, 6.07) is 13.4. The number of benzene rings is 2. The summed E-state index contributed by atoms with van der Waals surface area (Å²) in [4.78, 5) is -0.287. The average Bonchev–Trinajstić information content (AvgIpc) is 2.59. The van der Waals surface area contributed by atoms with Crippen LogP contribution in [0.3, 0.4) is 0 Å². The summed E-state index contributed by atoms with van der Waals surface area (Å²) in [6.07, 6.45) is 8.71. The normalized spacial score (nSPS) is 11.0. The Morgan fingerprint density at radius 1 is 0.885 bits per heavy atom. The average molecular weight is 401 g/mol. The number of hydrogen-bond acceptors (Lipinski definition) is 4. The minimum Gasteiger partial charge on any atom is -0.744 e. The van der Waals surface area contributed by atoms with Gasteiger partial charge in [0, 0.05) is 0 Å². The predicted octanol–water partition coefficient (Wildman–Crippen LogP) is 2.29. The zero-order chi connectivity index (χ0) is 18.1. The molecule has 2 aromatic rings. The van der Waals surface area contributed by atoms with E-state index >= 15 is 0 Å². The Labute approximate surface area is 199 Å². The Hall–Kier alpha value is -0.214. The summed E-state index contributed by atoms with van der Waals surface area (Å²) in [6.45, 7) is 2.22. The predicted molar refractivity (Wildman–Crippen MR) is 98.0 cm³/mol.